The van der Waals surface area contributed by atoms with Gasteiger partial charge in [0.1, 0.15) is 0 Å². The van der Waals surface area contributed by atoms with Crippen LogP contribution < -0.4 is 10.6 Å². The van der Waals surface area contributed by atoms with Crippen LogP contribution >= 0.6 is 0 Å². The Labute approximate surface area is 176 Å². The molecule has 0 radical (unpaired) electrons. The molecule has 7 heteroatoms. The van der Waals surface area contributed by atoms with Crippen LogP contribution in [0.1, 0.15) is 29.9 Å². The number of amides is 2. The topological polar surface area (TPSA) is 96.9 Å². The number of rotatable bonds is 11. The van der Waals surface area contributed by atoms with Gasteiger partial charge in [-0.25, -0.2) is 0 Å². The second kappa shape index (κ2) is 10.9. The predicted octanol–water partition coefficient (Wildman–Crippen LogP) is 2.29. The summed E-state index contributed by atoms with van der Waals surface area (Å²) < 4.78 is 10.1. The van der Waals surface area contributed by atoms with Crippen molar-refractivity contribution in [3.63, 3.8) is 0 Å². The van der Waals surface area contributed by atoms with Gasteiger partial charge in [-0.2, -0.15) is 0 Å². The zero-order valence-electron chi connectivity index (χ0n) is 17.1. The van der Waals surface area contributed by atoms with Crippen LogP contribution in [0.5, 0.6) is 0 Å². The fraction of sp³-hybridized carbons (Fsp3) is 0.391. The summed E-state index contributed by atoms with van der Waals surface area (Å²) in [7, 11) is 1.60. The van der Waals surface area contributed by atoms with Crippen LogP contribution in [0.3, 0.4) is 0 Å². The Balaban J connectivity index is 1.48. The molecule has 0 heterocycles. The molecule has 0 aliphatic heterocycles. The van der Waals surface area contributed by atoms with E-state index in [9.17, 15) is 14.7 Å². The smallest absolute Gasteiger partial charge is 0.224 e. The van der Waals surface area contributed by atoms with Crippen molar-refractivity contribution in [2.75, 3.05) is 45.4 Å². The van der Waals surface area contributed by atoms with Crippen molar-refractivity contribution in [2.45, 2.75) is 18.8 Å². The molecule has 2 aromatic carbocycles. The molecule has 2 amide bonds. The highest BCUT2D eigenvalue weighted by molar-refractivity contribution is 5.94. The molecule has 0 bridgehead atoms. The first-order chi connectivity index (χ1) is 14.6. The Hall–Kier alpha value is -2.74. The molecule has 0 fully saturated rings. The highest BCUT2D eigenvalue weighted by Crippen LogP contribution is 2.45. The summed E-state index contributed by atoms with van der Waals surface area (Å²) in [5.74, 6) is -0.507. The highest BCUT2D eigenvalue weighted by atomic mass is 16.5. The predicted molar refractivity (Wildman–Crippen MR) is 114 cm³/mol. The zero-order chi connectivity index (χ0) is 21.3. The highest BCUT2D eigenvalue weighted by Gasteiger charge is 2.28. The summed E-state index contributed by atoms with van der Waals surface area (Å²) in [4.78, 5) is 24.1. The van der Waals surface area contributed by atoms with Crippen molar-refractivity contribution in [1.29, 1.82) is 0 Å². The third kappa shape index (κ3) is 5.44. The maximum absolute atomic E-state index is 12.3. The SMILES string of the molecule is COCCOCCNC(=O)CCC(=O)Nc1ccc2c(c1)C(CO)c1ccccc1-2. The molecule has 0 aromatic heterocycles. The van der Waals surface area contributed by atoms with E-state index in [1.54, 1.807) is 7.11 Å². The second-order valence-corrected chi connectivity index (χ2v) is 7.13. The number of ether oxygens (including phenoxy) is 2. The van der Waals surface area contributed by atoms with Crippen LogP contribution in [0.2, 0.25) is 0 Å². The fourth-order valence-electron chi connectivity index (χ4n) is 3.63. The first-order valence-corrected chi connectivity index (χ1v) is 10.1. The Morgan fingerprint density at radius 1 is 0.967 bits per heavy atom. The summed E-state index contributed by atoms with van der Waals surface area (Å²) in [6, 6.07) is 13.7. The van der Waals surface area contributed by atoms with E-state index < -0.39 is 0 Å². The minimum absolute atomic E-state index is 0.0107. The molecule has 1 aliphatic carbocycles. The number of methoxy groups -OCH3 is 1. The lowest BCUT2D eigenvalue weighted by atomic mass is 9.98. The van der Waals surface area contributed by atoms with E-state index in [1.165, 1.54) is 0 Å². The lowest BCUT2D eigenvalue weighted by Gasteiger charge is -2.12. The molecule has 2 aromatic rings. The lowest BCUT2D eigenvalue weighted by molar-refractivity contribution is -0.124. The van der Waals surface area contributed by atoms with Gasteiger partial charge in [0.2, 0.25) is 11.8 Å². The molecule has 0 saturated heterocycles. The number of carbonyl (C=O) groups is 2. The van der Waals surface area contributed by atoms with Crippen LogP contribution in [0, 0.1) is 0 Å². The first kappa shape index (κ1) is 22.0. The molecular weight excluding hydrogens is 384 g/mol. The van der Waals surface area contributed by atoms with Gasteiger partial charge in [-0.1, -0.05) is 30.3 Å². The van der Waals surface area contributed by atoms with Gasteiger partial charge < -0.3 is 25.2 Å². The average molecular weight is 412 g/mol. The maximum Gasteiger partial charge on any atom is 0.224 e. The van der Waals surface area contributed by atoms with Crippen molar-refractivity contribution in [2.24, 2.45) is 0 Å². The van der Waals surface area contributed by atoms with Gasteiger partial charge in [-0.3, -0.25) is 9.59 Å². The summed E-state index contributed by atoms with van der Waals surface area (Å²) in [5, 5.41) is 15.4. The summed E-state index contributed by atoms with van der Waals surface area (Å²) >= 11 is 0. The molecule has 1 aliphatic rings. The van der Waals surface area contributed by atoms with Crippen LogP contribution in [0.25, 0.3) is 11.1 Å². The fourth-order valence-corrected chi connectivity index (χ4v) is 3.63. The van der Waals surface area contributed by atoms with Crippen LogP contribution in [0.15, 0.2) is 42.5 Å². The first-order valence-electron chi connectivity index (χ1n) is 10.1. The van der Waals surface area contributed by atoms with E-state index in [4.69, 9.17) is 9.47 Å². The normalized spacial score (nSPS) is 14.1. The number of aliphatic hydroxyl groups excluding tert-OH is 1. The number of fused-ring (bicyclic) bond motifs is 3. The Morgan fingerprint density at radius 3 is 2.53 bits per heavy atom. The minimum atomic E-state index is -0.225. The number of anilines is 1. The van der Waals surface area contributed by atoms with E-state index >= 15 is 0 Å². The van der Waals surface area contributed by atoms with Crippen molar-refractivity contribution >= 4 is 17.5 Å². The molecule has 7 nitrogen and oxygen atoms in total. The Morgan fingerprint density at radius 2 is 1.73 bits per heavy atom. The molecule has 3 rings (SSSR count). The number of carbonyl (C=O) groups excluding carboxylic acids is 2. The Bertz CT molecular complexity index is 884. The number of nitrogens with one attached hydrogen (secondary N) is 2. The third-order valence-corrected chi connectivity index (χ3v) is 5.10. The second-order valence-electron chi connectivity index (χ2n) is 7.13. The van der Waals surface area contributed by atoms with Gasteiger partial charge in [0.25, 0.3) is 0 Å². The number of aliphatic hydroxyl groups is 1. The molecule has 1 unspecified atom stereocenters. The van der Waals surface area contributed by atoms with E-state index in [0.717, 1.165) is 22.3 Å². The van der Waals surface area contributed by atoms with Gasteiger partial charge in [-0.15, -0.1) is 0 Å². The van der Waals surface area contributed by atoms with Gasteiger partial charge in [0.15, 0.2) is 0 Å². The van der Waals surface area contributed by atoms with Gasteiger partial charge >= 0.3 is 0 Å². The molecule has 30 heavy (non-hydrogen) atoms. The van der Waals surface area contributed by atoms with Crippen molar-refractivity contribution < 1.29 is 24.2 Å². The van der Waals surface area contributed by atoms with Crippen molar-refractivity contribution in [3.05, 3.63) is 53.6 Å². The molecule has 160 valence electrons. The van der Waals surface area contributed by atoms with Gasteiger partial charge in [0, 0.05) is 38.1 Å². The van der Waals surface area contributed by atoms with E-state index in [2.05, 4.69) is 10.6 Å². The third-order valence-electron chi connectivity index (χ3n) is 5.10. The maximum atomic E-state index is 12.3. The lowest BCUT2D eigenvalue weighted by Crippen LogP contribution is -2.28. The van der Waals surface area contributed by atoms with Crippen LogP contribution in [-0.2, 0) is 19.1 Å². The number of hydrogen-bond acceptors (Lipinski definition) is 5. The van der Waals surface area contributed by atoms with E-state index in [1.807, 2.05) is 42.5 Å². The molecule has 3 N–H and O–H groups in total. The minimum Gasteiger partial charge on any atom is -0.395 e. The quantitative estimate of drug-likeness (QED) is 0.492. The average Bonchev–Trinajstić information content (AvgIpc) is 3.07. The van der Waals surface area contributed by atoms with Crippen LogP contribution in [-0.4, -0.2) is 57.0 Å². The molecular formula is C23H28N2O5. The summed E-state index contributed by atoms with van der Waals surface area (Å²) in [6.07, 6.45) is 0.205. The number of hydrogen-bond donors (Lipinski definition) is 3. The Kier molecular flexibility index (Phi) is 7.96. The summed E-state index contributed by atoms with van der Waals surface area (Å²) in [6.45, 7) is 1.82. The summed E-state index contributed by atoms with van der Waals surface area (Å²) in [5.41, 5.74) is 4.96. The molecule has 0 saturated carbocycles. The van der Waals surface area contributed by atoms with Gasteiger partial charge in [-0.05, 0) is 34.4 Å². The standard InChI is InChI=1S/C23H28N2O5/c1-29-12-13-30-11-10-24-22(27)8-9-23(28)25-16-6-7-19-17-4-2-3-5-18(17)21(15-26)20(19)14-16/h2-7,14,21,26H,8-13,15H2,1H3,(H,24,27)(H,25,28). The molecule has 0 spiro atoms. The van der Waals surface area contributed by atoms with E-state index in [-0.39, 0.29) is 37.2 Å². The largest absolute Gasteiger partial charge is 0.395 e. The van der Waals surface area contributed by atoms with E-state index in [0.29, 0.717) is 32.1 Å². The van der Waals surface area contributed by atoms with Crippen molar-refractivity contribution in [3.8, 4) is 11.1 Å². The molecule has 1 atom stereocenters. The van der Waals surface area contributed by atoms with Gasteiger partial charge in [0.05, 0.1) is 26.4 Å². The van der Waals surface area contributed by atoms with Crippen LogP contribution in [0.4, 0.5) is 5.69 Å². The number of benzene rings is 2. The van der Waals surface area contributed by atoms with Crippen molar-refractivity contribution in [1.82, 2.24) is 5.32 Å². The zero-order valence-corrected chi connectivity index (χ0v) is 17.1. The monoisotopic (exact) mass is 412 g/mol.